The van der Waals surface area contributed by atoms with Crippen molar-refractivity contribution in [1.29, 1.82) is 0 Å². The Balaban J connectivity index is 1.82. The van der Waals surface area contributed by atoms with E-state index in [1.54, 1.807) is 0 Å². The topological polar surface area (TPSA) is 64.3 Å². The second kappa shape index (κ2) is 5.57. The maximum Gasteiger partial charge on any atom is 0.239 e. The second-order valence-electron chi connectivity index (χ2n) is 6.32. The summed E-state index contributed by atoms with van der Waals surface area (Å²) in [5.41, 5.74) is 4.80. The van der Waals surface area contributed by atoms with Gasteiger partial charge in [-0.2, -0.15) is 0 Å². The van der Waals surface area contributed by atoms with Crippen molar-refractivity contribution in [2.75, 3.05) is 6.61 Å². The molecule has 3 unspecified atom stereocenters. The van der Waals surface area contributed by atoms with Crippen molar-refractivity contribution in [3.05, 3.63) is 0 Å². The number of nitrogens with two attached hydrogens (primary N) is 1. The van der Waals surface area contributed by atoms with Gasteiger partial charge in [0.1, 0.15) is 5.54 Å². The Hall–Kier alpha value is -0.610. The fourth-order valence-electron chi connectivity index (χ4n) is 2.68. The van der Waals surface area contributed by atoms with Gasteiger partial charge in [-0.05, 0) is 38.5 Å². The Morgan fingerprint density at radius 2 is 2.11 bits per heavy atom. The largest absolute Gasteiger partial charge is 0.376 e. The van der Waals surface area contributed by atoms with E-state index < -0.39 is 5.54 Å². The van der Waals surface area contributed by atoms with Gasteiger partial charge in [-0.3, -0.25) is 10.1 Å². The maximum atomic E-state index is 11.6. The summed E-state index contributed by atoms with van der Waals surface area (Å²) in [6.07, 6.45) is 7.34. The first-order valence-corrected chi connectivity index (χ1v) is 7.19. The summed E-state index contributed by atoms with van der Waals surface area (Å²) in [6, 6.07) is 0.455. The highest BCUT2D eigenvalue weighted by molar-refractivity contribution is 5.84. The quantitative estimate of drug-likeness (QED) is 0.756. The van der Waals surface area contributed by atoms with Crippen LogP contribution >= 0.6 is 0 Å². The van der Waals surface area contributed by atoms with Gasteiger partial charge in [-0.25, -0.2) is 0 Å². The molecule has 18 heavy (non-hydrogen) atoms. The predicted octanol–water partition coefficient (Wildman–Crippen LogP) is 1.58. The van der Waals surface area contributed by atoms with E-state index in [-0.39, 0.29) is 5.91 Å². The van der Waals surface area contributed by atoms with Crippen LogP contribution in [0.25, 0.3) is 0 Å². The van der Waals surface area contributed by atoms with Crippen LogP contribution in [0, 0.1) is 5.92 Å². The SMILES string of the molecule is CC1CCCC(OCC(C)(NC2CC2)C(N)=O)C1. The van der Waals surface area contributed by atoms with E-state index in [2.05, 4.69) is 12.2 Å². The molecule has 0 aromatic rings. The van der Waals surface area contributed by atoms with Gasteiger partial charge < -0.3 is 10.5 Å². The lowest BCUT2D eigenvalue weighted by molar-refractivity contribution is -0.128. The van der Waals surface area contributed by atoms with E-state index in [1.807, 2.05) is 6.92 Å². The molecule has 104 valence electrons. The van der Waals surface area contributed by atoms with Gasteiger partial charge in [-0.1, -0.05) is 19.8 Å². The van der Waals surface area contributed by atoms with Crippen molar-refractivity contribution >= 4 is 5.91 Å². The van der Waals surface area contributed by atoms with Crippen molar-refractivity contribution < 1.29 is 9.53 Å². The minimum atomic E-state index is -0.706. The second-order valence-corrected chi connectivity index (χ2v) is 6.32. The Morgan fingerprint density at radius 3 is 2.67 bits per heavy atom. The van der Waals surface area contributed by atoms with Gasteiger partial charge in [-0.15, -0.1) is 0 Å². The molecule has 3 N–H and O–H groups in total. The van der Waals surface area contributed by atoms with E-state index >= 15 is 0 Å². The summed E-state index contributed by atoms with van der Waals surface area (Å²) < 4.78 is 5.95. The third kappa shape index (κ3) is 3.69. The molecule has 0 spiro atoms. The molecule has 3 atom stereocenters. The number of amides is 1. The van der Waals surface area contributed by atoms with Crippen LogP contribution in [0.2, 0.25) is 0 Å². The summed E-state index contributed by atoms with van der Waals surface area (Å²) in [5.74, 6) is 0.429. The zero-order valence-electron chi connectivity index (χ0n) is 11.6. The number of nitrogens with one attached hydrogen (secondary N) is 1. The van der Waals surface area contributed by atoms with E-state index in [0.29, 0.717) is 18.8 Å². The fourth-order valence-corrected chi connectivity index (χ4v) is 2.68. The Labute approximate surface area is 110 Å². The van der Waals surface area contributed by atoms with Gasteiger partial charge in [0, 0.05) is 6.04 Å². The molecule has 0 saturated heterocycles. The van der Waals surface area contributed by atoms with Crippen molar-refractivity contribution in [2.24, 2.45) is 11.7 Å². The summed E-state index contributed by atoms with van der Waals surface area (Å²) in [6.45, 7) is 4.53. The van der Waals surface area contributed by atoms with E-state index in [9.17, 15) is 4.79 Å². The molecule has 2 rings (SSSR count). The lowest BCUT2D eigenvalue weighted by Crippen LogP contribution is -2.57. The van der Waals surface area contributed by atoms with Crippen molar-refractivity contribution in [1.82, 2.24) is 5.32 Å². The van der Waals surface area contributed by atoms with Gasteiger partial charge in [0.15, 0.2) is 0 Å². The highest BCUT2D eigenvalue weighted by atomic mass is 16.5. The van der Waals surface area contributed by atoms with E-state index in [1.165, 1.54) is 12.8 Å². The zero-order chi connectivity index (χ0) is 13.2. The number of rotatable bonds is 6. The van der Waals surface area contributed by atoms with Crippen LogP contribution in [0.4, 0.5) is 0 Å². The predicted molar refractivity (Wildman–Crippen MR) is 71.1 cm³/mol. The van der Waals surface area contributed by atoms with Crippen LogP contribution in [0.1, 0.15) is 52.4 Å². The van der Waals surface area contributed by atoms with Crippen LogP contribution in [0.5, 0.6) is 0 Å². The Kier molecular flexibility index (Phi) is 4.28. The smallest absolute Gasteiger partial charge is 0.239 e. The van der Waals surface area contributed by atoms with Crippen molar-refractivity contribution in [3.63, 3.8) is 0 Å². The number of carbonyl (C=O) groups is 1. The number of ether oxygens (including phenoxy) is 1. The minimum absolute atomic E-state index is 0.299. The molecule has 2 fully saturated rings. The highest BCUT2D eigenvalue weighted by Crippen LogP contribution is 2.27. The molecule has 4 nitrogen and oxygen atoms in total. The van der Waals surface area contributed by atoms with Crippen molar-refractivity contribution in [2.45, 2.75) is 70.1 Å². The number of carbonyl (C=O) groups excluding carboxylic acids is 1. The molecule has 0 bridgehead atoms. The summed E-state index contributed by atoms with van der Waals surface area (Å²) in [5, 5.41) is 3.32. The van der Waals surface area contributed by atoms with E-state index in [4.69, 9.17) is 10.5 Å². The lowest BCUT2D eigenvalue weighted by Gasteiger charge is -2.32. The summed E-state index contributed by atoms with van der Waals surface area (Å²) in [4.78, 5) is 11.6. The first-order chi connectivity index (χ1) is 8.49. The molecule has 2 aliphatic rings. The minimum Gasteiger partial charge on any atom is -0.376 e. The third-order valence-electron chi connectivity index (χ3n) is 4.14. The lowest BCUT2D eigenvalue weighted by atomic mass is 9.88. The Bertz CT molecular complexity index is 304. The normalized spacial score (nSPS) is 31.9. The molecule has 2 aliphatic carbocycles. The van der Waals surface area contributed by atoms with Gasteiger partial charge >= 0.3 is 0 Å². The van der Waals surface area contributed by atoms with Crippen LogP contribution in [-0.4, -0.2) is 30.2 Å². The van der Waals surface area contributed by atoms with Gasteiger partial charge in [0.25, 0.3) is 0 Å². The molecule has 0 heterocycles. The van der Waals surface area contributed by atoms with Crippen LogP contribution in [-0.2, 0) is 9.53 Å². The highest BCUT2D eigenvalue weighted by Gasteiger charge is 2.38. The molecule has 0 aliphatic heterocycles. The first-order valence-electron chi connectivity index (χ1n) is 7.19. The standard InChI is InChI=1S/C14H26N2O2/c1-10-4-3-5-12(8-10)18-9-14(2,13(15)17)16-11-6-7-11/h10-12,16H,3-9H2,1-2H3,(H2,15,17). The number of hydrogen-bond acceptors (Lipinski definition) is 3. The van der Waals surface area contributed by atoms with Crippen LogP contribution in [0.3, 0.4) is 0 Å². The van der Waals surface area contributed by atoms with Crippen LogP contribution in [0.15, 0.2) is 0 Å². The van der Waals surface area contributed by atoms with Crippen LogP contribution < -0.4 is 11.1 Å². The average molecular weight is 254 g/mol. The fraction of sp³-hybridized carbons (Fsp3) is 0.929. The monoisotopic (exact) mass is 254 g/mol. The molecule has 1 amide bonds. The van der Waals surface area contributed by atoms with E-state index in [0.717, 1.165) is 31.6 Å². The number of hydrogen-bond donors (Lipinski definition) is 2. The summed E-state index contributed by atoms with van der Waals surface area (Å²) >= 11 is 0. The van der Waals surface area contributed by atoms with Gasteiger partial charge in [0.05, 0.1) is 12.7 Å². The van der Waals surface area contributed by atoms with Gasteiger partial charge in [0.2, 0.25) is 5.91 Å². The average Bonchev–Trinajstić information content (AvgIpc) is 3.10. The molecule has 2 saturated carbocycles. The maximum absolute atomic E-state index is 11.6. The third-order valence-corrected chi connectivity index (χ3v) is 4.14. The number of primary amides is 1. The zero-order valence-corrected chi connectivity index (χ0v) is 11.6. The summed E-state index contributed by atoms with van der Waals surface area (Å²) in [7, 11) is 0. The first kappa shape index (κ1) is 13.8. The molecular weight excluding hydrogens is 228 g/mol. The molecule has 0 radical (unpaired) electrons. The van der Waals surface area contributed by atoms with Crippen molar-refractivity contribution in [3.8, 4) is 0 Å². The molecule has 0 aromatic carbocycles. The Morgan fingerprint density at radius 1 is 1.39 bits per heavy atom. The molecule has 0 aromatic heterocycles. The molecule has 4 heteroatoms. The molecular formula is C14H26N2O2.